The Morgan fingerprint density at radius 2 is 1.47 bits per heavy atom. The van der Waals surface area contributed by atoms with Crippen molar-refractivity contribution in [1.82, 2.24) is 0 Å². The zero-order valence-corrected chi connectivity index (χ0v) is 11.9. The van der Waals surface area contributed by atoms with Crippen LogP contribution in [-0.2, 0) is 9.84 Å². The summed E-state index contributed by atoms with van der Waals surface area (Å²) in [6, 6.07) is 16.0. The maximum Gasteiger partial charge on any atom is 0.168 e. The number of hydrogen-bond acceptors (Lipinski definition) is 3. The number of hydrogen-bond donors (Lipinski definition) is 0. The van der Waals surface area contributed by atoms with E-state index in [1.807, 2.05) is 30.3 Å². The standard InChI is InChI=1S/C14H13ClO3S/c1-19(16,17)14(15)11-7-9-13(10-8-11)18-12-5-3-2-4-6-12/h2-10,14H,1H3. The molecule has 2 rings (SSSR count). The predicted molar refractivity (Wildman–Crippen MR) is 76.4 cm³/mol. The molecule has 19 heavy (non-hydrogen) atoms. The Morgan fingerprint density at radius 1 is 0.947 bits per heavy atom. The van der Waals surface area contributed by atoms with Gasteiger partial charge in [0.1, 0.15) is 11.5 Å². The summed E-state index contributed by atoms with van der Waals surface area (Å²) in [5.74, 6) is 1.35. The lowest BCUT2D eigenvalue weighted by molar-refractivity contribution is 0.482. The van der Waals surface area contributed by atoms with Crippen LogP contribution in [0.15, 0.2) is 54.6 Å². The number of rotatable bonds is 4. The van der Waals surface area contributed by atoms with Crippen molar-refractivity contribution < 1.29 is 13.2 Å². The molecule has 0 spiro atoms. The summed E-state index contributed by atoms with van der Waals surface area (Å²) in [7, 11) is -3.30. The predicted octanol–water partition coefficient (Wildman–Crippen LogP) is 3.76. The van der Waals surface area contributed by atoms with Crippen LogP contribution in [-0.4, -0.2) is 14.7 Å². The van der Waals surface area contributed by atoms with Gasteiger partial charge in [-0.2, -0.15) is 0 Å². The Balaban J connectivity index is 2.15. The van der Waals surface area contributed by atoms with Crippen molar-refractivity contribution in [3.63, 3.8) is 0 Å². The average molecular weight is 297 g/mol. The van der Waals surface area contributed by atoms with Gasteiger partial charge in [-0.15, -0.1) is 11.6 Å². The first-order valence-corrected chi connectivity index (χ1v) is 8.02. The largest absolute Gasteiger partial charge is 0.457 e. The third-order valence-electron chi connectivity index (χ3n) is 2.50. The maximum absolute atomic E-state index is 11.3. The van der Waals surface area contributed by atoms with Gasteiger partial charge in [-0.1, -0.05) is 30.3 Å². The van der Waals surface area contributed by atoms with Crippen LogP contribution in [0.4, 0.5) is 0 Å². The second-order valence-electron chi connectivity index (χ2n) is 4.13. The number of halogens is 1. The zero-order valence-electron chi connectivity index (χ0n) is 10.3. The van der Waals surface area contributed by atoms with Crippen LogP contribution in [0.1, 0.15) is 10.3 Å². The highest BCUT2D eigenvalue weighted by molar-refractivity contribution is 7.92. The smallest absolute Gasteiger partial charge is 0.168 e. The number of para-hydroxylation sites is 1. The third kappa shape index (κ3) is 3.72. The number of benzene rings is 2. The van der Waals surface area contributed by atoms with Gasteiger partial charge < -0.3 is 4.74 Å². The quantitative estimate of drug-likeness (QED) is 0.807. The molecule has 0 radical (unpaired) electrons. The lowest BCUT2D eigenvalue weighted by Gasteiger charge is -2.09. The minimum absolute atomic E-state index is 0.532. The fourth-order valence-electron chi connectivity index (χ4n) is 1.56. The number of ether oxygens (including phenoxy) is 1. The molecule has 0 amide bonds. The highest BCUT2D eigenvalue weighted by Crippen LogP contribution is 2.28. The second-order valence-corrected chi connectivity index (χ2v) is 6.96. The molecule has 0 bridgehead atoms. The molecule has 0 aliphatic rings. The number of sulfone groups is 1. The molecule has 0 saturated heterocycles. The third-order valence-corrected chi connectivity index (χ3v) is 4.74. The summed E-state index contributed by atoms with van der Waals surface area (Å²) < 4.78 is 27.3. The van der Waals surface area contributed by atoms with Crippen LogP contribution in [0.5, 0.6) is 11.5 Å². The van der Waals surface area contributed by atoms with E-state index in [1.54, 1.807) is 24.3 Å². The highest BCUT2D eigenvalue weighted by Gasteiger charge is 2.19. The van der Waals surface area contributed by atoms with Crippen molar-refractivity contribution in [3.05, 3.63) is 60.2 Å². The maximum atomic E-state index is 11.3. The van der Waals surface area contributed by atoms with E-state index in [0.717, 1.165) is 12.0 Å². The topological polar surface area (TPSA) is 43.4 Å². The Hall–Kier alpha value is -1.52. The Labute approximate surface area is 117 Å². The van der Waals surface area contributed by atoms with Crippen molar-refractivity contribution in [2.75, 3.05) is 6.26 Å². The van der Waals surface area contributed by atoms with Crippen LogP contribution in [0.3, 0.4) is 0 Å². The molecule has 2 aromatic rings. The van der Waals surface area contributed by atoms with Gasteiger partial charge in [0.15, 0.2) is 14.5 Å². The molecule has 0 N–H and O–H groups in total. The molecule has 1 unspecified atom stereocenters. The van der Waals surface area contributed by atoms with Gasteiger partial charge >= 0.3 is 0 Å². The fraction of sp³-hybridized carbons (Fsp3) is 0.143. The molecule has 100 valence electrons. The SMILES string of the molecule is CS(=O)(=O)C(Cl)c1ccc(Oc2ccccc2)cc1. The van der Waals surface area contributed by atoms with E-state index in [0.29, 0.717) is 11.3 Å². The van der Waals surface area contributed by atoms with Gasteiger partial charge in [0.25, 0.3) is 0 Å². The molecule has 5 heteroatoms. The second kappa shape index (κ2) is 5.63. The van der Waals surface area contributed by atoms with Gasteiger partial charge in [-0.25, -0.2) is 8.42 Å². The van der Waals surface area contributed by atoms with Crippen LogP contribution in [0.25, 0.3) is 0 Å². The Morgan fingerprint density at radius 3 is 2.00 bits per heavy atom. The first-order chi connectivity index (χ1) is 8.97. The molecule has 0 fully saturated rings. The molecular formula is C14H13ClO3S. The summed E-state index contributed by atoms with van der Waals surface area (Å²) in [6.45, 7) is 0. The van der Waals surface area contributed by atoms with Crippen LogP contribution in [0.2, 0.25) is 0 Å². The summed E-state index contributed by atoms with van der Waals surface area (Å²) in [4.78, 5) is 0. The number of alkyl halides is 1. The van der Waals surface area contributed by atoms with E-state index in [4.69, 9.17) is 16.3 Å². The molecule has 0 aromatic heterocycles. The van der Waals surface area contributed by atoms with Gasteiger partial charge in [0.05, 0.1) is 0 Å². The normalized spacial score (nSPS) is 12.9. The summed E-state index contributed by atoms with van der Waals surface area (Å²) >= 11 is 5.87. The van der Waals surface area contributed by atoms with Gasteiger partial charge in [0, 0.05) is 6.26 Å². The first-order valence-electron chi connectivity index (χ1n) is 5.62. The molecule has 0 aliphatic carbocycles. The molecule has 0 heterocycles. The van der Waals surface area contributed by atoms with Gasteiger partial charge in [-0.3, -0.25) is 0 Å². The van der Waals surface area contributed by atoms with Crippen LogP contribution >= 0.6 is 11.6 Å². The molecule has 3 nitrogen and oxygen atoms in total. The molecule has 0 saturated carbocycles. The van der Waals surface area contributed by atoms with Crippen LogP contribution < -0.4 is 4.74 Å². The van der Waals surface area contributed by atoms with Gasteiger partial charge in [0.2, 0.25) is 0 Å². The lowest BCUT2D eigenvalue weighted by atomic mass is 10.2. The first kappa shape index (κ1) is 13.9. The van der Waals surface area contributed by atoms with E-state index >= 15 is 0 Å². The van der Waals surface area contributed by atoms with Crippen LogP contribution in [0, 0.1) is 0 Å². The molecule has 2 aromatic carbocycles. The molecular weight excluding hydrogens is 284 g/mol. The molecule has 0 aliphatic heterocycles. The monoisotopic (exact) mass is 296 g/mol. The summed E-state index contributed by atoms with van der Waals surface area (Å²) in [6.07, 6.45) is 1.11. The Kier molecular flexibility index (Phi) is 4.12. The summed E-state index contributed by atoms with van der Waals surface area (Å²) in [5, 5.41) is 0. The fourth-order valence-corrected chi connectivity index (χ4v) is 2.36. The zero-order chi connectivity index (χ0) is 13.9. The van der Waals surface area contributed by atoms with Gasteiger partial charge in [-0.05, 0) is 29.8 Å². The van der Waals surface area contributed by atoms with Crippen molar-refractivity contribution in [3.8, 4) is 11.5 Å². The van der Waals surface area contributed by atoms with E-state index in [1.165, 1.54) is 0 Å². The molecule has 1 atom stereocenters. The van der Waals surface area contributed by atoms with E-state index < -0.39 is 14.5 Å². The minimum Gasteiger partial charge on any atom is -0.457 e. The average Bonchev–Trinajstić information content (AvgIpc) is 2.39. The van der Waals surface area contributed by atoms with Crippen molar-refractivity contribution in [2.24, 2.45) is 0 Å². The minimum atomic E-state index is -3.30. The Bertz CT molecular complexity index is 636. The van der Waals surface area contributed by atoms with Crippen molar-refractivity contribution in [1.29, 1.82) is 0 Å². The van der Waals surface area contributed by atoms with E-state index in [2.05, 4.69) is 0 Å². The lowest BCUT2D eigenvalue weighted by Crippen LogP contribution is -2.04. The summed E-state index contributed by atoms with van der Waals surface area (Å²) in [5.41, 5.74) is 0.532. The van der Waals surface area contributed by atoms with Crippen molar-refractivity contribution in [2.45, 2.75) is 4.71 Å². The van der Waals surface area contributed by atoms with E-state index in [9.17, 15) is 8.42 Å². The van der Waals surface area contributed by atoms with Crippen molar-refractivity contribution >= 4 is 21.4 Å². The highest BCUT2D eigenvalue weighted by atomic mass is 35.5. The van der Waals surface area contributed by atoms with E-state index in [-0.39, 0.29) is 0 Å².